The fourth-order valence-electron chi connectivity index (χ4n) is 0.594. The van der Waals surface area contributed by atoms with Crippen molar-refractivity contribution in [2.45, 2.75) is 0 Å². The Kier molecular flexibility index (Phi) is 2.38. The monoisotopic (exact) mass is 132 g/mol. The molecule has 49 valence electrons. The van der Waals surface area contributed by atoms with E-state index in [1.807, 2.05) is 18.2 Å². The fraction of sp³-hybridized carbons (Fsp3) is 0. The van der Waals surface area contributed by atoms with E-state index < -0.39 is 0 Å². The number of nitrogens with zero attached hydrogens (tertiary/aromatic N) is 1. The Morgan fingerprint density at radius 2 is 2.40 bits per heavy atom. The van der Waals surface area contributed by atoms with Gasteiger partial charge in [0.2, 0.25) is 6.29 Å². The first-order valence-electron chi connectivity index (χ1n) is 2.89. The molecule has 0 aromatic carbocycles. The maximum Gasteiger partial charge on any atom is 0.225 e. The zero-order valence-corrected chi connectivity index (χ0v) is 5.32. The largest absolute Gasteiger partial charge is 0.286 e. The molecule has 1 heterocycles. The number of aromatic nitrogens is 1. The molecule has 0 bridgehead atoms. The molecule has 1 radical (unpaired) electrons. The molecular formula is C8H6NO. The van der Waals surface area contributed by atoms with Crippen LogP contribution in [0.3, 0.4) is 0 Å². The van der Waals surface area contributed by atoms with Crippen LogP contribution >= 0.6 is 0 Å². The third-order valence-electron chi connectivity index (χ3n) is 1.01. The smallest absolute Gasteiger partial charge is 0.225 e. The fourth-order valence-corrected chi connectivity index (χ4v) is 0.594. The third kappa shape index (κ3) is 1.82. The van der Waals surface area contributed by atoms with Crippen LogP contribution in [0.25, 0.3) is 6.08 Å². The van der Waals surface area contributed by atoms with Crippen molar-refractivity contribution in [3.63, 3.8) is 0 Å². The van der Waals surface area contributed by atoms with Crippen molar-refractivity contribution in [3.8, 4) is 0 Å². The van der Waals surface area contributed by atoms with Gasteiger partial charge in [0.25, 0.3) is 0 Å². The lowest BCUT2D eigenvalue weighted by molar-refractivity contribution is 0.564. The van der Waals surface area contributed by atoms with Crippen LogP contribution < -0.4 is 0 Å². The number of allylic oxidation sites excluding steroid dienone is 1. The zero-order valence-electron chi connectivity index (χ0n) is 5.32. The van der Waals surface area contributed by atoms with Gasteiger partial charge in [-0.05, 0) is 24.3 Å². The third-order valence-corrected chi connectivity index (χ3v) is 1.01. The van der Waals surface area contributed by atoms with E-state index in [-0.39, 0.29) is 0 Å². The predicted octanol–water partition coefficient (Wildman–Crippen LogP) is 1.20. The van der Waals surface area contributed by atoms with E-state index in [0.717, 1.165) is 5.69 Å². The van der Waals surface area contributed by atoms with E-state index in [2.05, 4.69) is 4.98 Å². The van der Waals surface area contributed by atoms with Crippen LogP contribution in [0, 0.1) is 0 Å². The van der Waals surface area contributed by atoms with Crippen LogP contribution in [-0.2, 0) is 4.79 Å². The van der Waals surface area contributed by atoms with Crippen molar-refractivity contribution >= 4 is 12.4 Å². The average molecular weight is 132 g/mol. The number of hydrogen-bond acceptors (Lipinski definition) is 2. The van der Waals surface area contributed by atoms with Crippen molar-refractivity contribution in [1.29, 1.82) is 0 Å². The second-order valence-corrected chi connectivity index (χ2v) is 1.71. The highest BCUT2D eigenvalue weighted by atomic mass is 16.1. The summed E-state index contributed by atoms with van der Waals surface area (Å²) in [6, 6.07) is 5.49. The second kappa shape index (κ2) is 3.56. The Hall–Kier alpha value is -1.44. The van der Waals surface area contributed by atoms with Gasteiger partial charge in [0, 0.05) is 6.20 Å². The van der Waals surface area contributed by atoms with Gasteiger partial charge in [0.1, 0.15) is 0 Å². The normalized spacial score (nSPS) is 10.0. The molecule has 1 aromatic rings. The van der Waals surface area contributed by atoms with E-state index in [9.17, 15) is 4.79 Å². The quantitative estimate of drug-likeness (QED) is 0.566. The predicted molar refractivity (Wildman–Crippen MR) is 39.0 cm³/mol. The lowest BCUT2D eigenvalue weighted by Crippen LogP contribution is -1.75. The molecular weight excluding hydrogens is 126 g/mol. The molecule has 1 rings (SSSR count). The van der Waals surface area contributed by atoms with Crippen molar-refractivity contribution in [3.05, 3.63) is 36.2 Å². The molecule has 0 amide bonds. The summed E-state index contributed by atoms with van der Waals surface area (Å²) in [7, 11) is 0. The van der Waals surface area contributed by atoms with Gasteiger partial charge in [-0.3, -0.25) is 9.78 Å². The van der Waals surface area contributed by atoms with Crippen molar-refractivity contribution in [2.24, 2.45) is 0 Å². The van der Waals surface area contributed by atoms with Crippen LogP contribution in [0.5, 0.6) is 0 Å². The van der Waals surface area contributed by atoms with Gasteiger partial charge in [0.05, 0.1) is 5.69 Å². The molecule has 10 heavy (non-hydrogen) atoms. The average Bonchev–Trinajstić information content (AvgIpc) is 2.03. The standard InChI is InChI=1S/C8H6NO/c10-7-3-5-8-4-1-2-6-9-8/h1-6H/b5-3+. The summed E-state index contributed by atoms with van der Waals surface area (Å²) in [5, 5.41) is 0. The zero-order chi connectivity index (χ0) is 7.23. The second-order valence-electron chi connectivity index (χ2n) is 1.71. The molecule has 0 atom stereocenters. The lowest BCUT2D eigenvalue weighted by Gasteiger charge is -1.85. The summed E-state index contributed by atoms with van der Waals surface area (Å²) in [6.07, 6.45) is 6.21. The Labute approximate surface area is 59.2 Å². The Morgan fingerprint density at radius 1 is 1.50 bits per heavy atom. The molecule has 0 aliphatic heterocycles. The summed E-state index contributed by atoms with van der Waals surface area (Å²) in [6.45, 7) is 0. The maximum atomic E-state index is 9.74. The molecule has 0 unspecified atom stereocenters. The summed E-state index contributed by atoms with van der Waals surface area (Å²) >= 11 is 0. The molecule has 2 nitrogen and oxygen atoms in total. The van der Waals surface area contributed by atoms with E-state index in [0.29, 0.717) is 0 Å². The minimum atomic E-state index is 0.769. The Balaban J connectivity index is 2.76. The maximum absolute atomic E-state index is 9.74. The van der Waals surface area contributed by atoms with Crippen LogP contribution in [0.15, 0.2) is 30.5 Å². The van der Waals surface area contributed by atoms with E-state index in [1.165, 1.54) is 6.08 Å². The minimum absolute atomic E-state index is 0.769. The van der Waals surface area contributed by atoms with Crippen molar-refractivity contribution in [2.75, 3.05) is 0 Å². The Bertz CT molecular complexity index is 228. The van der Waals surface area contributed by atoms with Gasteiger partial charge in [-0.1, -0.05) is 6.07 Å². The molecule has 0 fully saturated rings. The molecule has 0 saturated heterocycles. The SMILES string of the molecule is O=[C]/C=C/c1ccccn1. The van der Waals surface area contributed by atoms with Crippen LogP contribution in [-0.4, -0.2) is 11.3 Å². The summed E-state index contributed by atoms with van der Waals surface area (Å²) in [5.74, 6) is 0. The van der Waals surface area contributed by atoms with Gasteiger partial charge in [-0.2, -0.15) is 0 Å². The number of rotatable bonds is 2. The van der Waals surface area contributed by atoms with Gasteiger partial charge < -0.3 is 0 Å². The number of pyridine rings is 1. The topological polar surface area (TPSA) is 30.0 Å². The highest BCUT2D eigenvalue weighted by molar-refractivity contribution is 5.73. The van der Waals surface area contributed by atoms with Crippen LogP contribution in [0.2, 0.25) is 0 Å². The lowest BCUT2D eigenvalue weighted by atomic mass is 10.3. The summed E-state index contributed by atoms with van der Waals surface area (Å²) in [4.78, 5) is 13.7. The van der Waals surface area contributed by atoms with Crippen LogP contribution in [0.1, 0.15) is 5.69 Å². The highest BCUT2D eigenvalue weighted by Gasteiger charge is 1.81. The van der Waals surface area contributed by atoms with E-state index >= 15 is 0 Å². The molecule has 0 saturated carbocycles. The van der Waals surface area contributed by atoms with Gasteiger partial charge in [-0.15, -0.1) is 0 Å². The van der Waals surface area contributed by atoms with Crippen LogP contribution in [0.4, 0.5) is 0 Å². The molecule has 0 spiro atoms. The molecule has 0 aliphatic carbocycles. The highest BCUT2D eigenvalue weighted by Crippen LogP contribution is 1.94. The first-order chi connectivity index (χ1) is 4.93. The van der Waals surface area contributed by atoms with Gasteiger partial charge in [0.15, 0.2) is 0 Å². The van der Waals surface area contributed by atoms with E-state index in [1.54, 1.807) is 18.6 Å². The minimum Gasteiger partial charge on any atom is -0.286 e. The molecule has 2 heteroatoms. The summed E-state index contributed by atoms with van der Waals surface area (Å²) in [5.41, 5.74) is 0.769. The number of hydrogen-bond donors (Lipinski definition) is 0. The Morgan fingerprint density at radius 3 is 3.00 bits per heavy atom. The van der Waals surface area contributed by atoms with Gasteiger partial charge in [-0.25, -0.2) is 0 Å². The van der Waals surface area contributed by atoms with Gasteiger partial charge >= 0.3 is 0 Å². The first-order valence-corrected chi connectivity index (χ1v) is 2.89. The van der Waals surface area contributed by atoms with Crippen molar-refractivity contribution in [1.82, 2.24) is 4.98 Å². The molecule has 0 aliphatic rings. The summed E-state index contributed by atoms with van der Waals surface area (Å²) < 4.78 is 0. The number of carbonyl (C=O) groups excluding carboxylic acids is 1. The molecule has 0 N–H and O–H groups in total. The van der Waals surface area contributed by atoms with E-state index in [4.69, 9.17) is 0 Å². The van der Waals surface area contributed by atoms with Crippen molar-refractivity contribution < 1.29 is 4.79 Å². The first kappa shape index (κ1) is 6.68. The molecule has 1 aromatic heterocycles.